The van der Waals surface area contributed by atoms with Crippen molar-refractivity contribution in [2.75, 3.05) is 17.1 Å². The molecule has 3 aromatic carbocycles. The number of methoxy groups -OCH3 is 1. The molecule has 1 aliphatic heterocycles. The van der Waals surface area contributed by atoms with E-state index in [9.17, 15) is 13.2 Å². The van der Waals surface area contributed by atoms with E-state index in [0.29, 0.717) is 22.8 Å². The molecule has 1 aliphatic rings. The second-order valence-electron chi connectivity index (χ2n) is 6.89. The highest BCUT2D eigenvalue weighted by molar-refractivity contribution is 8.01. The molecule has 160 valence electrons. The van der Waals surface area contributed by atoms with Crippen LogP contribution in [-0.4, -0.2) is 26.7 Å². The van der Waals surface area contributed by atoms with Crippen LogP contribution in [-0.2, 0) is 21.2 Å². The molecule has 3 aromatic rings. The highest BCUT2D eigenvalue weighted by Gasteiger charge is 2.28. The van der Waals surface area contributed by atoms with Crippen LogP contribution in [0.5, 0.6) is 5.75 Å². The Hall–Kier alpha value is -2.68. The topological polar surface area (TPSA) is 84.5 Å². The van der Waals surface area contributed by atoms with Gasteiger partial charge in [-0.25, -0.2) is 8.42 Å². The number of hydrogen-bond acceptors (Lipinski definition) is 5. The van der Waals surface area contributed by atoms with Crippen LogP contribution in [0.2, 0.25) is 5.02 Å². The van der Waals surface area contributed by atoms with Crippen molar-refractivity contribution in [2.45, 2.75) is 21.5 Å². The number of nitrogens with one attached hydrogen (secondary N) is 2. The third-order valence-corrected chi connectivity index (χ3v) is 7.73. The number of thioether (sulfide) groups is 1. The molecule has 2 N–H and O–H groups in total. The lowest BCUT2D eigenvalue weighted by Gasteiger charge is -2.15. The Morgan fingerprint density at radius 3 is 2.48 bits per heavy atom. The molecule has 31 heavy (non-hydrogen) atoms. The fourth-order valence-corrected chi connectivity index (χ4v) is 5.82. The van der Waals surface area contributed by atoms with E-state index in [1.807, 2.05) is 24.3 Å². The van der Waals surface area contributed by atoms with Gasteiger partial charge in [0.25, 0.3) is 10.0 Å². The first-order valence-electron chi connectivity index (χ1n) is 9.37. The Balaban J connectivity index is 1.54. The molecule has 0 spiro atoms. The van der Waals surface area contributed by atoms with Crippen molar-refractivity contribution in [3.05, 3.63) is 77.3 Å². The molecule has 4 rings (SSSR count). The summed E-state index contributed by atoms with van der Waals surface area (Å²) >= 11 is 7.37. The van der Waals surface area contributed by atoms with Gasteiger partial charge in [-0.3, -0.25) is 9.52 Å². The average molecular weight is 475 g/mol. The fraction of sp³-hybridized carbons (Fsp3) is 0.136. The number of benzene rings is 3. The summed E-state index contributed by atoms with van der Waals surface area (Å²) < 4.78 is 33.7. The second-order valence-corrected chi connectivity index (χ2v) is 10.2. The summed E-state index contributed by atoms with van der Waals surface area (Å²) in [5, 5.41) is 3.05. The van der Waals surface area contributed by atoms with Crippen LogP contribution in [0.25, 0.3) is 0 Å². The standard InChI is InChI=1S/C22H19ClN2O4S2/c1-29-18-11-10-17(24-22(26)20-12-14-4-2-3-5-19(14)30-20)13-21(18)31(27,28)25-16-8-6-15(23)7-9-16/h2-11,13,20,25H,12H2,1H3,(H,24,26). The Bertz CT molecular complexity index is 1210. The van der Waals surface area contributed by atoms with Crippen molar-refractivity contribution < 1.29 is 17.9 Å². The molecule has 0 aromatic heterocycles. The van der Waals surface area contributed by atoms with Crippen LogP contribution >= 0.6 is 23.4 Å². The zero-order valence-electron chi connectivity index (χ0n) is 16.5. The van der Waals surface area contributed by atoms with Gasteiger partial charge in [-0.15, -0.1) is 11.8 Å². The lowest BCUT2D eigenvalue weighted by atomic mass is 10.1. The van der Waals surface area contributed by atoms with Gasteiger partial charge in [0.05, 0.1) is 12.4 Å². The van der Waals surface area contributed by atoms with E-state index in [2.05, 4.69) is 10.0 Å². The minimum absolute atomic E-state index is 0.0786. The second kappa shape index (κ2) is 8.82. The number of sulfonamides is 1. The first-order chi connectivity index (χ1) is 14.9. The minimum atomic E-state index is -3.96. The molecular formula is C22H19ClN2O4S2. The van der Waals surface area contributed by atoms with Crippen LogP contribution in [0.15, 0.2) is 76.5 Å². The molecule has 9 heteroatoms. The number of ether oxygens (including phenoxy) is 1. The van der Waals surface area contributed by atoms with E-state index in [4.69, 9.17) is 16.3 Å². The van der Waals surface area contributed by atoms with Crippen molar-refractivity contribution in [2.24, 2.45) is 0 Å². The van der Waals surface area contributed by atoms with Crippen molar-refractivity contribution in [1.29, 1.82) is 0 Å². The number of halogens is 1. The molecule has 0 fully saturated rings. The molecule has 6 nitrogen and oxygen atoms in total. The number of amides is 1. The van der Waals surface area contributed by atoms with Crippen LogP contribution < -0.4 is 14.8 Å². The Labute approximate surface area is 190 Å². The molecule has 1 unspecified atom stereocenters. The molecule has 0 aliphatic carbocycles. The SMILES string of the molecule is COc1ccc(NC(=O)C2Cc3ccccc3S2)cc1S(=O)(=O)Nc1ccc(Cl)cc1. The van der Waals surface area contributed by atoms with Crippen LogP contribution in [0.4, 0.5) is 11.4 Å². The summed E-state index contributed by atoms with van der Waals surface area (Å²) in [6, 6.07) is 18.7. The van der Waals surface area contributed by atoms with E-state index >= 15 is 0 Å². The number of carbonyl (C=O) groups is 1. The molecule has 0 radical (unpaired) electrons. The minimum Gasteiger partial charge on any atom is -0.495 e. The summed E-state index contributed by atoms with van der Waals surface area (Å²) in [5.41, 5.74) is 1.87. The van der Waals surface area contributed by atoms with Crippen molar-refractivity contribution >= 4 is 50.7 Å². The van der Waals surface area contributed by atoms with Gasteiger partial charge in [0.1, 0.15) is 10.6 Å². The lowest BCUT2D eigenvalue weighted by Crippen LogP contribution is -2.25. The average Bonchev–Trinajstić information content (AvgIpc) is 3.20. The first-order valence-corrected chi connectivity index (χ1v) is 12.1. The van der Waals surface area contributed by atoms with Crippen LogP contribution in [0.3, 0.4) is 0 Å². The smallest absolute Gasteiger partial charge is 0.265 e. The molecular weight excluding hydrogens is 456 g/mol. The van der Waals surface area contributed by atoms with Gasteiger partial charge in [0.2, 0.25) is 5.91 Å². The maximum atomic E-state index is 13.0. The number of anilines is 2. The van der Waals surface area contributed by atoms with Gasteiger partial charge in [-0.05, 0) is 60.5 Å². The summed E-state index contributed by atoms with van der Waals surface area (Å²) in [5.74, 6) is -0.0116. The molecule has 0 saturated heterocycles. The third-order valence-electron chi connectivity index (χ3n) is 4.76. The maximum Gasteiger partial charge on any atom is 0.265 e. The highest BCUT2D eigenvalue weighted by Crippen LogP contribution is 2.37. The van der Waals surface area contributed by atoms with Crippen molar-refractivity contribution in [3.63, 3.8) is 0 Å². The van der Waals surface area contributed by atoms with Gasteiger partial charge < -0.3 is 10.1 Å². The van der Waals surface area contributed by atoms with E-state index < -0.39 is 10.0 Å². The van der Waals surface area contributed by atoms with E-state index in [1.165, 1.54) is 31.0 Å². The van der Waals surface area contributed by atoms with Crippen molar-refractivity contribution in [1.82, 2.24) is 0 Å². The maximum absolute atomic E-state index is 13.0. The monoisotopic (exact) mass is 474 g/mol. The number of rotatable bonds is 6. The molecule has 1 heterocycles. The third kappa shape index (κ3) is 4.81. The fourth-order valence-electron chi connectivity index (χ4n) is 3.24. The van der Waals surface area contributed by atoms with E-state index in [1.54, 1.807) is 30.3 Å². The van der Waals surface area contributed by atoms with Crippen LogP contribution in [0.1, 0.15) is 5.56 Å². The molecule has 1 amide bonds. The Morgan fingerprint density at radius 2 is 1.77 bits per heavy atom. The number of fused-ring (bicyclic) bond motifs is 1. The lowest BCUT2D eigenvalue weighted by molar-refractivity contribution is -0.115. The highest BCUT2D eigenvalue weighted by atomic mass is 35.5. The van der Waals surface area contributed by atoms with Gasteiger partial charge in [0.15, 0.2) is 0 Å². The van der Waals surface area contributed by atoms with Gasteiger partial charge in [-0.2, -0.15) is 0 Å². The zero-order valence-corrected chi connectivity index (χ0v) is 18.9. The largest absolute Gasteiger partial charge is 0.495 e. The summed E-state index contributed by atoms with van der Waals surface area (Å²) in [7, 11) is -2.57. The number of hydrogen-bond donors (Lipinski definition) is 2. The van der Waals surface area contributed by atoms with Gasteiger partial charge >= 0.3 is 0 Å². The zero-order chi connectivity index (χ0) is 22.0. The summed E-state index contributed by atoms with van der Waals surface area (Å²) in [4.78, 5) is 13.8. The molecule has 0 bridgehead atoms. The summed E-state index contributed by atoms with van der Waals surface area (Å²) in [6.45, 7) is 0. The molecule has 1 atom stereocenters. The van der Waals surface area contributed by atoms with Crippen LogP contribution in [0, 0.1) is 0 Å². The molecule has 0 saturated carbocycles. The van der Waals surface area contributed by atoms with Gasteiger partial charge in [0, 0.05) is 21.3 Å². The first kappa shape index (κ1) is 21.5. The normalized spacial score (nSPS) is 15.2. The van der Waals surface area contributed by atoms with Gasteiger partial charge in [-0.1, -0.05) is 29.8 Å². The predicted octanol–water partition coefficient (Wildman–Crippen LogP) is 4.80. The van der Waals surface area contributed by atoms with E-state index in [0.717, 1.165) is 10.5 Å². The summed E-state index contributed by atoms with van der Waals surface area (Å²) in [6.07, 6.45) is 0.631. The Kier molecular flexibility index (Phi) is 6.13. The predicted molar refractivity (Wildman–Crippen MR) is 124 cm³/mol. The van der Waals surface area contributed by atoms with E-state index in [-0.39, 0.29) is 21.8 Å². The quantitative estimate of drug-likeness (QED) is 0.535. The van der Waals surface area contributed by atoms with Crippen molar-refractivity contribution in [3.8, 4) is 5.75 Å². The Morgan fingerprint density at radius 1 is 1.06 bits per heavy atom. The number of carbonyl (C=O) groups excluding carboxylic acids is 1.